The van der Waals surface area contributed by atoms with E-state index >= 15 is 0 Å². The second kappa shape index (κ2) is 5.16. The number of carbonyl (C=O) groups is 1. The highest BCUT2D eigenvalue weighted by molar-refractivity contribution is 5.92. The van der Waals surface area contributed by atoms with Crippen molar-refractivity contribution in [2.75, 3.05) is 13.2 Å². The van der Waals surface area contributed by atoms with Gasteiger partial charge >= 0.3 is 6.18 Å². The Bertz CT molecular complexity index is 459. The van der Waals surface area contributed by atoms with Crippen LogP contribution in [0.15, 0.2) is 18.3 Å². The fourth-order valence-corrected chi connectivity index (χ4v) is 2.13. The summed E-state index contributed by atoms with van der Waals surface area (Å²) in [6.07, 6.45) is -2.34. The number of nitrogens with zero attached hydrogens (tertiary/aromatic N) is 2. The van der Waals surface area contributed by atoms with Gasteiger partial charge in [-0.3, -0.25) is 9.78 Å². The molecule has 0 aliphatic carbocycles. The van der Waals surface area contributed by atoms with Gasteiger partial charge in [-0.2, -0.15) is 13.2 Å². The number of alkyl halides is 3. The van der Waals surface area contributed by atoms with E-state index in [9.17, 15) is 18.0 Å². The molecule has 1 atom stereocenters. The van der Waals surface area contributed by atoms with Crippen molar-refractivity contribution >= 4 is 5.91 Å². The van der Waals surface area contributed by atoms with Gasteiger partial charge in [-0.25, -0.2) is 0 Å². The summed E-state index contributed by atoms with van der Waals surface area (Å²) in [7, 11) is 0. The van der Waals surface area contributed by atoms with Gasteiger partial charge < -0.3 is 10.0 Å². The van der Waals surface area contributed by atoms with Crippen molar-refractivity contribution in [3.05, 3.63) is 29.6 Å². The second-order valence-corrected chi connectivity index (χ2v) is 4.41. The molecule has 1 N–H and O–H groups in total. The molecule has 0 bridgehead atoms. The summed E-state index contributed by atoms with van der Waals surface area (Å²) in [6, 6.07) is 1.64. The number of aliphatic hydroxyl groups is 1. The molecule has 19 heavy (non-hydrogen) atoms. The first-order valence-electron chi connectivity index (χ1n) is 5.88. The zero-order valence-corrected chi connectivity index (χ0v) is 10.0. The number of halogens is 3. The van der Waals surface area contributed by atoms with Crippen LogP contribution in [0.4, 0.5) is 13.2 Å². The summed E-state index contributed by atoms with van der Waals surface area (Å²) in [5, 5.41) is 9.12. The molecular formula is C12H13F3N2O2. The maximum atomic E-state index is 12.4. The van der Waals surface area contributed by atoms with Gasteiger partial charge in [0.15, 0.2) is 0 Å². The number of hydrogen-bond donors (Lipinski definition) is 1. The van der Waals surface area contributed by atoms with Crippen LogP contribution in [-0.2, 0) is 6.18 Å². The molecule has 104 valence electrons. The molecule has 1 unspecified atom stereocenters. The number of aromatic nitrogens is 1. The molecule has 0 saturated carbocycles. The number of amides is 1. The third-order valence-electron chi connectivity index (χ3n) is 3.16. The van der Waals surface area contributed by atoms with E-state index in [0.717, 1.165) is 18.6 Å². The predicted octanol–water partition coefficient (Wildman–Crippen LogP) is 1.70. The molecule has 1 amide bonds. The Balaban J connectivity index is 2.16. The summed E-state index contributed by atoms with van der Waals surface area (Å²) in [6.45, 7) is 0.346. The molecular weight excluding hydrogens is 261 g/mol. The Hall–Kier alpha value is -1.63. The highest BCUT2D eigenvalue weighted by Crippen LogP contribution is 2.28. The summed E-state index contributed by atoms with van der Waals surface area (Å²) in [5.41, 5.74) is -0.919. The van der Waals surface area contributed by atoms with E-state index in [0.29, 0.717) is 19.2 Å². The lowest BCUT2D eigenvalue weighted by Gasteiger charge is -2.22. The lowest BCUT2D eigenvalue weighted by molar-refractivity contribution is -0.137. The topological polar surface area (TPSA) is 53.4 Å². The average molecular weight is 274 g/mol. The first-order valence-corrected chi connectivity index (χ1v) is 5.88. The maximum Gasteiger partial charge on any atom is 0.417 e. The predicted molar refractivity (Wildman–Crippen MR) is 60.4 cm³/mol. The number of hydrogen-bond acceptors (Lipinski definition) is 3. The molecule has 4 nitrogen and oxygen atoms in total. The van der Waals surface area contributed by atoms with Gasteiger partial charge in [-0.1, -0.05) is 0 Å². The summed E-state index contributed by atoms with van der Waals surface area (Å²) >= 11 is 0. The van der Waals surface area contributed by atoms with E-state index in [1.807, 2.05) is 0 Å². The molecule has 1 aromatic heterocycles. The van der Waals surface area contributed by atoms with Gasteiger partial charge in [0.05, 0.1) is 18.2 Å². The van der Waals surface area contributed by atoms with Gasteiger partial charge in [0, 0.05) is 12.7 Å². The second-order valence-electron chi connectivity index (χ2n) is 4.41. The first-order chi connectivity index (χ1) is 8.93. The third-order valence-corrected chi connectivity index (χ3v) is 3.16. The molecule has 1 aliphatic rings. The normalized spacial score (nSPS) is 19.8. The maximum absolute atomic E-state index is 12.4. The van der Waals surface area contributed by atoms with Crippen LogP contribution in [0.1, 0.15) is 28.9 Å². The minimum absolute atomic E-state index is 0.0339. The van der Waals surface area contributed by atoms with Gasteiger partial charge in [0.2, 0.25) is 0 Å². The quantitative estimate of drug-likeness (QED) is 0.893. The van der Waals surface area contributed by atoms with Crippen LogP contribution >= 0.6 is 0 Å². The fourth-order valence-electron chi connectivity index (χ4n) is 2.13. The summed E-state index contributed by atoms with van der Waals surface area (Å²) < 4.78 is 37.1. The Morgan fingerprint density at radius 1 is 1.47 bits per heavy atom. The van der Waals surface area contributed by atoms with Crippen LogP contribution in [0.25, 0.3) is 0 Å². The zero-order valence-electron chi connectivity index (χ0n) is 10.0. The highest BCUT2D eigenvalue weighted by atomic mass is 19.4. The molecule has 1 saturated heterocycles. The molecule has 1 aliphatic heterocycles. The average Bonchev–Trinajstić information content (AvgIpc) is 2.85. The third kappa shape index (κ3) is 2.86. The van der Waals surface area contributed by atoms with E-state index in [1.165, 1.54) is 4.90 Å². The minimum Gasteiger partial charge on any atom is -0.394 e. The lowest BCUT2D eigenvalue weighted by atomic mass is 10.2. The molecule has 0 radical (unpaired) electrons. The van der Waals surface area contributed by atoms with Crippen molar-refractivity contribution in [2.45, 2.75) is 25.1 Å². The van der Waals surface area contributed by atoms with Crippen molar-refractivity contribution in [3.8, 4) is 0 Å². The zero-order chi connectivity index (χ0) is 14.0. The lowest BCUT2D eigenvalue weighted by Crippen LogP contribution is -2.38. The van der Waals surface area contributed by atoms with E-state index in [1.54, 1.807) is 0 Å². The van der Waals surface area contributed by atoms with Crippen LogP contribution in [-0.4, -0.2) is 40.1 Å². The van der Waals surface area contributed by atoms with E-state index in [-0.39, 0.29) is 18.3 Å². The number of likely N-dealkylation sites (tertiary alicyclic amines) is 1. The van der Waals surface area contributed by atoms with Crippen molar-refractivity contribution in [1.29, 1.82) is 0 Å². The SMILES string of the molecule is O=C(c1ccc(C(F)(F)F)cn1)N1CCCC1CO. The summed E-state index contributed by atoms with van der Waals surface area (Å²) in [5.74, 6) is -0.440. The van der Waals surface area contributed by atoms with Crippen molar-refractivity contribution in [3.63, 3.8) is 0 Å². The summed E-state index contributed by atoms with van der Waals surface area (Å²) in [4.78, 5) is 17.1. The van der Waals surface area contributed by atoms with Gasteiger partial charge in [-0.15, -0.1) is 0 Å². The molecule has 2 rings (SSSR count). The van der Waals surface area contributed by atoms with Gasteiger partial charge in [0.25, 0.3) is 5.91 Å². The standard InChI is InChI=1S/C12H13F3N2O2/c13-12(14,15)8-3-4-10(16-6-8)11(19)17-5-1-2-9(17)7-18/h3-4,6,9,18H,1-2,5,7H2. The van der Waals surface area contributed by atoms with Crippen LogP contribution < -0.4 is 0 Å². The number of rotatable bonds is 2. The molecule has 0 aromatic carbocycles. The van der Waals surface area contributed by atoms with E-state index in [4.69, 9.17) is 5.11 Å². The highest BCUT2D eigenvalue weighted by Gasteiger charge is 2.32. The first kappa shape index (κ1) is 13.8. The van der Waals surface area contributed by atoms with E-state index < -0.39 is 17.6 Å². The molecule has 7 heteroatoms. The molecule has 2 heterocycles. The van der Waals surface area contributed by atoms with Crippen molar-refractivity contribution in [2.24, 2.45) is 0 Å². The Kier molecular flexibility index (Phi) is 3.75. The van der Waals surface area contributed by atoms with Crippen LogP contribution in [0, 0.1) is 0 Å². The van der Waals surface area contributed by atoms with Crippen LogP contribution in [0.2, 0.25) is 0 Å². The van der Waals surface area contributed by atoms with Crippen molar-refractivity contribution < 1.29 is 23.1 Å². The molecule has 0 spiro atoms. The Morgan fingerprint density at radius 2 is 2.21 bits per heavy atom. The molecule has 1 fully saturated rings. The van der Waals surface area contributed by atoms with Gasteiger partial charge in [0.1, 0.15) is 5.69 Å². The largest absolute Gasteiger partial charge is 0.417 e. The smallest absolute Gasteiger partial charge is 0.394 e. The Morgan fingerprint density at radius 3 is 2.74 bits per heavy atom. The number of pyridine rings is 1. The molecule has 1 aromatic rings. The van der Waals surface area contributed by atoms with Gasteiger partial charge in [-0.05, 0) is 25.0 Å². The van der Waals surface area contributed by atoms with E-state index in [2.05, 4.69) is 4.98 Å². The monoisotopic (exact) mass is 274 g/mol. The Labute approximate surface area is 107 Å². The minimum atomic E-state index is -4.46. The van der Waals surface area contributed by atoms with Crippen LogP contribution in [0.5, 0.6) is 0 Å². The fraction of sp³-hybridized carbons (Fsp3) is 0.500. The number of aliphatic hydroxyl groups excluding tert-OH is 1. The van der Waals surface area contributed by atoms with Crippen LogP contribution in [0.3, 0.4) is 0 Å². The number of carbonyl (C=O) groups excluding carboxylic acids is 1. The van der Waals surface area contributed by atoms with Crippen molar-refractivity contribution in [1.82, 2.24) is 9.88 Å².